The molecule has 1 aromatic carbocycles. The van der Waals surface area contributed by atoms with Crippen molar-refractivity contribution in [2.24, 2.45) is 0 Å². The number of nitrogens with zero attached hydrogens (tertiary/aromatic N) is 1. The molecule has 2 aromatic rings. The van der Waals surface area contributed by atoms with E-state index in [1.807, 2.05) is 42.4 Å². The highest BCUT2D eigenvalue weighted by molar-refractivity contribution is 7.99. The molecule has 0 aliphatic heterocycles. The summed E-state index contributed by atoms with van der Waals surface area (Å²) in [5, 5.41) is 4.30. The fourth-order valence-corrected chi connectivity index (χ4v) is 3.33. The average molecular weight is 307 g/mol. The highest BCUT2D eigenvalue weighted by atomic mass is 35.5. The summed E-state index contributed by atoms with van der Waals surface area (Å²) in [4.78, 5) is 5.48. The van der Waals surface area contributed by atoms with Crippen LogP contribution in [0.25, 0.3) is 0 Å². The number of pyridine rings is 1. The van der Waals surface area contributed by atoms with Crippen molar-refractivity contribution < 1.29 is 0 Å². The number of nitrogens with one attached hydrogen (secondary N) is 1. The molecule has 2 rings (SSSR count). The lowest BCUT2D eigenvalue weighted by molar-refractivity contribution is 0.603. The SMILES string of the molecule is CCNC(CSc1cccc(Cl)c1)c1cncc(C)c1. The first-order valence-electron chi connectivity index (χ1n) is 6.72. The Morgan fingerprint density at radius 1 is 1.30 bits per heavy atom. The lowest BCUT2D eigenvalue weighted by Crippen LogP contribution is -2.23. The third-order valence-electron chi connectivity index (χ3n) is 2.96. The second-order valence-electron chi connectivity index (χ2n) is 4.67. The number of aromatic nitrogens is 1. The summed E-state index contributed by atoms with van der Waals surface area (Å²) >= 11 is 7.83. The lowest BCUT2D eigenvalue weighted by Gasteiger charge is -2.18. The minimum atomic E-state index is 0.302. The molecule has 0 aliphatic carbocycles. The van der Waals surface area contributed by atoms with Crippen LogP contribution in [0.3, 0.4) is 0 Å². The van der Waals surface area contributed by atoms with E-state index in [9.17, 15) is 0 Å². The second-order valence-corrected chi connectivity index (χ2v) is 6.20. The number of rotatable bonds is 6. The van der Waals surface area contributed by atoms with Crippen LogP contribution in [0.2, 0.25) is 5.02 Å². The monoisotopic (exact) mass is 306 g/mol. The van der Waals surface area contributed by atoms with E-state index in [1.165, 1.54) is 16.0 Å². The van der Waals surface area contributed by atoms with Crippen LogP contribution in [0.1, 0.15) is 24.1 Å². The first-order chi connectivity index (χ1) is 9.69. The first-order valence-corrected chi connectivity index (χ1v) is 8.08. The van der Waals surface area contributed by atoms with Crippen molar-refractivity contribution >= 4 is 23.4 Å². The number of aryl methyl sites for hydroxylation is 1. The van der Waals surface area contributed by atoms with Crippen LogP contribution < -0.4 is 5.32 Å². The third kappa shape index (κ3) is 4.51. The van der Waals surface area contributed by atoms with E-state index in [0.717, 1.165) is 17.3 Å². The molecule has 1 heterocycles. The largest absolute Gasteiger partial charge is 0.309 e. The standard InChI is InChI=1S/C16H19ClN2S/c1-3-19-16(13-7-12(2)9-18-10-13)11-20-15-6-4-5-14(17)8-15/h4-10,16,19H,3,11H2,1-2H3. The van der Waals surface area contributed by atoms with Crippen LogP contribution in [-0.2, 0) is 0 Å². The Balaban J connectivity index is 2.06. The molecule has 0 spiro atoms. The van der Waals surface area contributed by atoms with Crippen molar-refractivity contribution in [3.05, 3.63) is 58.9 Å². The van der Waals surface area contributed by atoms with Crippen molar-refractivity contribution in [2.45, 2.75) is 24.8 Å². The molecule has 1 aromatic heterocycles. The van der Waals surface area contributed by atoms with Crippen LogP contribution in [0.15, 0.2) is 47.6 Å². The highest BCUT2D eigenvalue weighted by Gasteiger charge is 2.11. The molecular formula is C16H19ClN2S. The third-order valence-corrected chi connectivity index (χ3v) is 4.28. The van der Waals surface area contributed by atoms with Gasteiger partial charge in [0.25, 0.3) is 0 Å². The Kier molecular flexibility index (Phi) is 5.89. The molecule has 0 aliphatic rings. The van der Waals surface area contributed by atoms with Gasteiger partial charge in [-0.3, -0.25) is 4.98 Å². The van der Waals surface area contributed by atoms with Gasteiger partial charge in [0, 0.05) is 34.1 Å². The van der Waals surface area contributed by atoms with Gasteiger partial charge in [-0.05, 0) is 42.8 Å². The number of halogens is 1. The molecule has 0 amide bonds. The lowest BCUT2D eigenvalue weighted by atomic mass is 10.1. The number of hydrogen-bond acceptors (Lipinski definition) is 3. The minimum absolute atomic E-state index is 0.302. The Morgan fingerprint density at radius 2 is 2.15 bits per heavy atom. The molecule has 1 unspecified atom stereocenters. The number of hydrogen-bond donors (Lipinski definition) is 1. The molecule has 106 valence electrons. The van der Waals surface area contributed by atoms with Gasteiger partial charge >= 0.3 is 0 Å². The van der Waals surface area contributed by atoms with E-state index in [4.69, 9.17) is 11.6 Å². The molecular weight excluding hydrogens is 288 g/mol. The Labute approximate surface area is 130 Å². The van der Waals surface area contributed by atoms with E-state index in [-0.39, 0.29) is 0 Å². The Hall–Kier alpha value is -1.03. The maximum atomic E-state index is 6.02. The fraction of sp³-hybridized carbons (Fsp3) is 0.312. The van der Waals surface area contributed by atoms with Crippen molar-refractivity contribution in [2.75, 3.05) is 12.3 Å². The van der Waals surface area contributed by atoms with Crippen molar-refractivity contribution in [1.29, 1.82) is 0 Å². The van der Waals surface area contributed by atoms with Crippen LogP contribution in [0.5, 0.6) is 0 Å². The molecule has 0 saturated carbocycles. The molecule has 0 fully saturated rings. The summed E-state index contributed by atoms with van der Waals surface area (Å²) in [6.07, 6.45) is 3.83. The van der Waals surface area contributed by atoms with Gasteiger partial charge in [0.1, 0.15) is 0 Å². The van der Waals surface area contributed by atoms with E-state index in [0.29, 0.717) is 6.04 Å². The molecule has 2 nitrogen and oxygen atoms in total. The smallest absolute Gasteiger partial charge is 0.0430 e. The van der Waals surface area contributed by atoms with Gasteiger partial charge in [0.15, 0.2) is 0 Å². The van der Waals surface area contributed by atoms with Gasteiger partial charge in [-0.25, -0.2) is 0 Å². The van der Waals surface area contributed by atoms with Gasteiger partial charge in [0.2, 0.25) is 0 Å². The van der Waals surface area contributed by atoms with Gasteiger partial charge < -0.3 is 5.32 Å². The maximum Gasteiger partial charge on any atom is 0.0430 e. The fourth-order valence-electron chi connectivity index (χ4n) is 2.02. The maximum absolute atomic E-state index is 6.02. The Bertz CT molecular complexity index is 560. The summed E-state index contributed by atoms with van der Waals surface area (Å²) in [6, 6.07) is 10.5. The predicted octanol–water partition coefficient (Wildman–Crippen LogP) is 4.49. The van der Waals surface area contributed by atoms with Crippen molar-refractivity contribution in [3.63, 3.8) is 0 Å². The van der Waals surface area contributed by atoms with E-state index in [2.05, 4.69) is 36.3 Å². The van der Waals surface area contributed by atoms with Crippen LogP contribution in [0, 0.1) is 6.92 Å². The zero-order valence-corrected chi connectivity index (χ0v) is 13.3. The normalized spacial score (nSPS) is 12.3. The van der Waals surface area contributed by atoms with Crippen LogP contribution in [-0.4, -0.2) is 17.3 Å². The minimum Gasteiger partial charge on any atom is -0.309 e. The van der Waals surface area contributed by atoms with Gasteiger partial charge in [-0.1, -0.05) is 30.7 Å². The molecule has 20 heavy (non-hydrogen) atoms. The predicted molar refractivity (Wildman–Crippen MR) is 87.6 cm³/mol. The number of benzene rings is 1. The quantitative estimate of drug-likeness (QED) is 0.796. The van der Waals surface area contributed by atoms with Gasteiger partial charge in [-0.2, -0.15) is 0 Å². The summed E-state index contributed by atoms with van der Waals surface area (Å²) in [6.45, 7) is 5.14. The summed E-state index contributed by atoms with van der Waals surface area (Å²) in [5.74, 6) is 0.958. The van der Waals surface area contributed by atoms with Crippen LogP contribution >= 0.6 is 23.4 Å². The summed E-state index contributed by atoms with van der Waals surface area (Å²) in [7, 11) is 0. The molecule has 1 N–H and O–H groups in total. The van der Waals surface area contributed by atoms with E-state index >= 15 is 0 Å². The summed E-state index contributed by atoms with van der Waals surface area (Å²) in [5.41, 5.74) is 2.43. The molecule has 1 atom stereocenters. The zero-order valence-electron chi connectivity index (χ0n) is 11.8. The highest BCUT2D eigenvalue weighted by Crippen LogP contribution is 2.26. The van der Waals surface area contributed by atoms with Gasteiger partial charge in [0.05, 0.1) is 0 Å². The molecule has 0 radical (unpaired) electrons. The first kappa shape index (κ1) is 15.4. The van der Waals surface area contributed by atoms with E-state index < -0.39 is 0 Å². The average Bonchev–Trinajstić information content (AvgIpc) is 2.43. The molecule has 0 saturated heterocycles. The van der Waals surface area contributed by atoms with Crippen molar-refractivity contribution in [3.8, 4) is 0 Å². The number of thioether (sulfide) groups is 1. The van der Waals surface area contributed by atoms with Crippen LogP contribution in [0.4, 0.5) is 0 Å². The van der Waals surface area contributed by atoms with Gasteiger partial charge in [-0.15, -0.1) is 11.8 Å². The second kappa shape index (κ2) is 7.67. The summed E-state index contributed by atoms with van der Waals surface area (Å²) < 4.78 is 0. The van der Waals surface area contributed by atoms with Crippen molar-refractivity contribution in [1.82, 2.24) is 10.3 Å². The topological polar surface area (TPSA) is 24.9 Å². The van der Waals surface area contributed by atoms with E-state index in [1.54, 1.807) is 0 Å². The molecule has 0 bridgehead atoms. The zero-order chi connectivity index (χ0) is 14.4. The molecule has 4 heteroatoms. The Morgan fingerprint density at radius 3 is 2.85 bits per heavy atom.